The first-order valence-corrected chi connectivity index (χ1v) is 7.76. The van der Waals surface area contributed by atoms with Crippen molar-refractivity contribution in [2.45, 2.75) is 0 Å². The first-order chi connectivity index (χ1) is 13.0. The number of aromatic carboxylic acids is 1. The molecule has 0 fully saturated rings. The average molecular weight is 365 g/mol. The van der Waals surface area contributed by atoms with Crippen molar-refractivity contribution < 1.29 is 28.3 Å². The van der Waals surface area contributed by atoms with E-state index in [-0.39, 0.29) is 22.7 Å². The number of carboxylic acid groups (broad SMARTS) is 1. The monoisotopic (exact) mass is 365 g/mol. The van der Waals surface area contributed by atoms with Crippen LogP contribution in [0.5, 0.6) is 0 Å². The van der Waals surface area contributed by atoms with Crippen molar-refractivity contribution in [3.8, 4) is 0 Å². The summed E-state index contributed by atoms with van der Waals surface area (Å²) in [5.74, 6) is -2.32. The molecule has 0 aliphatic rings. The van der Waals surface area contributed by atoms with Crippen LogP contribution < -0.4 is 15.7 Å². The fourth-order valence-corrected chi connectivity index (χ4v) is 2.19. The van der Waals surface area contributed by atoms with Crippen molar-refractivity contribution in [3.63, 3.8) is 0 Å². The number of anilines is 1. The highest BCUT2D eigenvalue weighted by atomic mass is 16.4. The quantitative estimate of drug-likeness (QED) is 0.640. The normalized spacial score (nSPS) is 11.0. The summed E-state index contributed by atoms with van der Waals surface area (Å²) in [6, 6.07) is 11.7. The Kier molecular flexibility index (Phi) is 5.17. The molecule has 2 amide bonds. The van der Waals surface area contributed by atoms with Crippen molar-refractivity contribution in [2.75, 3.05) is 5.32 Å². The van der Waals surface area contributed by atoms with Crippen LogP contribution in [-0.2, 0) is 4.79 Å². The summed E-state index contributed by atoms with van der Waals surface area (Å²) in [6.07, 6.45) is 4.08. The summed E-state index contributed by atoms with van der Waals surface area (Å²) in [4.78, 5) is 35.7. The number of nitrogens with one attached hydrogen (secondary N) is 2. The van der Waals surface area contributed by atoms with Gasteiger partial charge >= 0.3 is 0 Å². The topological polar surface area (TPSA) is 125 Å². The Labute approximate surface area is 153 Å². The van der Waals surface area contributed by atoms with Crippen LogP contribution in [0.2, 0.25) is 0 Å². The Bertz CT molecular complexity index is 987. The lowest BCUT2D eigenvalue weighted by Gasteiger charge is -2.11. The van der Waals surface area contributed by atoms with Gasteiger partial charge in [0.1, 0.15) is 11.5 Å². The Hall–Kier alpha value is -4.07. The maximum Gasteiger partial charge on any atom is 0.291 e. The molecular formula is C19H13N2O6-. The maximum atomic E-state index is 12.6. The number of benzene rings is 1. The molecule has 0 bridgehead atoms. The third-order valence-corrected chi connectivity index (χ3v) is 3.42. The third-order valence-electron chi connectivity index (χ3n) is 3.42. The zero-order valence-corrected chi connectivity index (χ0v) is 13.8. The Morgan fingerprint density at radius 1 is 0.963 bits per heavy atom. The van der Waals surface area contributed by atoms with Gasteiger partial charge in [-0.1, -0.05) is 12.1 Å². The van der Waals surface area contributed by atoms with Crippen LogP contribution in [0.15, 0.2) is 75.6 Å². The van der Waals surface area contributed by atoms with E-state index in [1.165, 1.54) is 55.0 Å². The number of carbonyl (C=O) groups is 3. The number of rotatable bonds is 6. The van der Waals surface area contributed by atoms with Crippen LogP contribution >= 0.6 is 0 Å². The van der Waals surface area contributed by atoms with E-state index in [2.05, 4.69) is 10.6 Å². The van der Waals surface area contributed by atoms with Crippen LogP contribution in [-0.4, -0.2) is 17.8 Å². The lowest BCUT2D eigenvalue weighted by atomic mass is 10.2. The highest BCUT2D eigenvalue weighted by molar-refractivity contribution is 6.10. The van der Waals surface area contributed by atoms with Gasteiger partial charge in [0.15, 0.2) is 5.76 Å². The third kappa shape index (κ3) is 4.51. The molecule has 0 spiro atoms. The summed E-state index contributed by atoms with van der Waals surface area (Å²) >= 11 is 0. The highest BCUT2D eigenvalue weighted by Gasteiger charge is 2.17. The maximum absolute atomic E-state index is 12.6. The molecule has 27 heavy (non-hydrogen) atoms. The van der Waals surface area contributed by atoms with Crippen LogP contribution in [0.1, 0.15) is 26.7 Å². The average Bonchev–Trinajstić information content (AvgIpc) is 3.35. The second-order valence-corrected chi connectivity index (χ2v) is 5.33. The van der Waals surface area contributed by atoms with Crippen molar-refractivity contribution in [3.05, 3.63) is 83.8 Å². The van der Waals surface area contributed by atoms with Gasteiger partial charge in [-0.2, -0.15) is 0 Å². The molecule has 1 aromatic carbocycles. The van der Waals surface area contributed by atoms with Crippen molar-refractivity contribution in [1.29, 1.82) is 0 Å². The Morgan fingerprint density at radius 3 is 2.41 bits per heavy atom. The summed E-state index contributed by atoms with van der Waals surface area (Å²) in [5, 5.41) is 15.9. The summed E-state index contributed by atoms with van der Waals surface area (Å²) in [5.41, 5.74) is 0.00785. The minimum Gasteiger partial charge on any atom is -0.545 e. The molecule has 0 radical (unpaired) electrons. The molecule has 0 unspecified atom stereocenters. The van der Waals surface area contributed by atoms with Crippen LogP contribution in [0, 0.1) is 0 Å². The van der Waals surface area contributed by atoms with Gasteiger partial charge in [0.2, 0.25) is 0 Å². The molecule has 0 saturated carbocycles. The van der Waals surface area contributed by atoms with Gasteiger partial charge in [0.05, 0.1) is 18.5 Å². The summed E-state index contributed by atoms with van der Waals surface area (Å²) in [6.45, 7) is 0. The van der Waals surface area contributed by atoms with E-state index in [1.54, 1.807) is 12.1 Å². The largest absolute Gasteiger partial charge is 0.545 e. The molecule has 0 saturated heterocycles. The second-order valence-electron chi connectivity index (χ2n) is 5.33. The molecule has 3 aromatic rings. The van der Waals surface area contributed by atoms with Gasteiger partial charge in [-0.25, -0.2) is 0 Å². The number of carbonyl (C=O) groups excluding carboxylic acids is 3. The highest BCUT2D eigenvalue weighted by Crippen LogP contribution is 2.13. The van der Waals surface area contributed by atoms with Gasteiger partial charge in [-0.3, -0.25) is 9.59 Å². The molecule has 2 heterocycles. The van der Waals surface area contributed by atoms with Crippen molar-refractivity contribution in [1.82, 2.24) is 5.32 Å². The predicted molar refractivity (Wildman–Crippen MR) is 92.3 cm³/mol. The van der Waals surface area contributed by atoms with E-state index < -0.39 is 17.8 Å². The van der Waals surface area contributed by atoms with Crippen LogP contribution in [0.3, 0.4) is 0 Å². The van der Waals surface area contributed by atoms with Gasteiger partial charge in [0, 0.05) is 11.8 Å². The number of carboxylic acids is 1. The van der Waals surface area contributed by atoms with Gasteiger partial charge in [0.25, 0.3) is 11.8 Å². The lowest BCUT2D eigenvalue weighted by molar-refractivity contribution is -0.255. The minimum atomic E-state index is -1.37. The van der Waals surface area contributed by atoms with Gasteiger partial charge in [-0.15, -0.1) is 0 Å². The molecule has 0 aliphatic heterocycles. The van der Waals surface area contributed by atoms with Crippen molar-refractivity contribution in [2.24, 2.45) is 0 Å². The molecule has 2 N–H and O–H groups in total. The molecule has 0 atom stereocenters. The lowest BCUT2D eigenvalue weighted by Crippen LogP contribution is -2.30. The zero-order valence-electron chi connectivity index (χ0n) is 13.8. The number of hydrogen-bond acceptors (Lipinski definition) is 6. The van der Waals surface area contributed by atoms with Gasteiger partial charge < -0.3 is 29.4 Å². The molecule has 8 heteroatoms. The molecule has 2 aromatic heterocycles. The van der Waals surface area contributed by atoms with E-state index >= 15 is 0 Å². The van der Waals surface area contributed by atoms with E-state index in [4.69, 9.17) is 8.83 Å². The SMILES string of the molecule is O=C(Nc1cccc(C(=O)[O-])c1)/C(=C\c1ccco1)NC(=O)c1ccco1. The first-order valence-electron chi connectivity index (χ1n) is 7.76. The van der Waals surface area contributed by atoms with Crippen LogP contribution in [0.4, 0.5) is 5.69 Å². The first kappa shape index (κ1) is 17.7. The second kappa shape index (κ2) is 7.87. The molecule has 0 aliphatic carbocycles. The molecule has 136 valence electrons. The molecule has 3 rings (SSSR count). The van der Waals surface area contributed by atoms with E-state index in [1.807, 2.05) is 0 Å². The number of furan rings is 2. The Morgan fingerprint density at radius 2 is 1.74 bits per heavy atom. The fourth-order valence-electron chi connectivity index (χ4n) is 2.19. The molecule has 8 nitrogen and oxygen atoms in total. The van der Waals surface area contributed by atoms with E-state index in [9.17, 15) is 19.5 Å². The fraction of sp³-hybridized carbons (Fsp3) is 0. The zero-order chi connectivity index (χ0) is 19.2. The standard InChI is InChI=1S/C19H14N2O6/c22-17(20-13-5-1-4-12(10-13)19(24)25)15(11-14-6-2-8-26-14)21-18(23)16-7-3-9-27-16/h1-11H,(H,20,22)(H,21,23)(H,24,25)/p-1/b15-11+. The summed E-state index contributed by atoms with van der Waals surface area (Å²) in [7, 11) is 0. The molecular weight excluding hydrogens is 352 g/mol. The number of hydrogen-bond donors (Lipinski definition) is 2. The predicted octanol–water partition coefficient (Wildman–Crippen LogP) is 1.65. The number of amides is 2. The van der Waals surface area contributed by atoms with Crippen molar-refractivity contribution >= 4 is 29.5 Å². The van der Waals surface area contributed by atoms with E-state index in [0.717, 1.165) is 0 Å². The summed E-state index contributed by atoms with van der Waals surface area (Å²) < 4.78 is 10.2. The smallest absolute Gasteiger partial charge is 0.291 e. The van der Waals surface area contributed by atoms with E-state index in [0.29, 0.717) is 5.76 Å². The van der Waals surface area contributed by atoms with Crippen LogP contribution in [0.25, 0.3) is 6.08 Å². The van der Waals surface area contributed by atoms with Gasteiger partial charge in [-0.05, 0) is 42.0 Å². The Balaban J connectivity index is 1.83. The minimum absolute atomic E-state index is 0.0205.